The molecule has 0 fully saturated rings. The Balaban J connectivity index is 0. The Hall–Kier alpha value is -0.0600. The van der Waals surface area contributed by atoms with E-state index in [1.165, 1.54) is 0 Å². The zero-order valence-corrected chi connectivity index (χ0v) is 5.20. The van der Waals surface area contributed by atoms with Crippen molar-refractivity contribution in [2.45, 2.75) is 6.92 Å². The van der Waals surface area contributed by atoms with Gasteiger partial charge in [0, 0.05) is 0 Å². The van der Waals surface area contributed by atoms with E-state index in [2.05, 4.69) is 9.73 Å². The quantitative estimate of drug-likeness (QED) is 0.338. The number of rotatable bonds is 4. The first kappa shape index (κ1) is 12.6. The average molecular weight is 155 g/mol. The van der Waals surface area contributed by atoms with Crippen molar-refractivity contribution in [2.24, 2.45) is 4.99 Å². The van der Waals surface area contributed by atoms with Crippen molar-refractivity contribution in [1.82, 2.24) is 0 Å². The molecule has 0 saturated heterocycles. The summed E-state index contributed by atoms with van der Waals surface area (Å²) in [6.45, 7) is 2.09. The topological polar surface area (TPSA) is 58.9 Å². The SMILES string of the molecule is CCOC=NCC(=O)O.[NaH]. The zero-order chi connectivity index (χ0) is 7.11. The number of hydrogen-bond acceptors (Lipinski definition) is 3. The molecule has 0 aromatic carbocycles. The number of aliphatic imine (C=N–C) groups is 1. The van der Waals surface area contributed by atoms with Crippen molar-refractivity contribution in [3.63, 3.8) is 0 Å². The van der Waals surface area contributed by atoms with E-state index in [9.17, 15) is 4.79 Å². The van der Waals surface area contributed by atoms with Crippen LogP contribution in [0.4, 0.5) is 0 Å². The molecule has 0 aromatic rings. The molecule has 0 saturated carbocycles. The van der Waals surface area contributed by atoms with Crippen LogP contribution in [0.15, 0.2) is 4.99 Å². The van der Waals surface area contributed by atoms with Gasteiger partial charge in [0.25, 0.3) is 0 Å². The van der Waals surface area contributed by atoms with E-state index in [1.54, 1.807) is 6.92 Å². The van der Waals surface area contributed by atoms with Gasteiger partial charge in [-0.3, -0.25) is 4.79 Å². The fourth-order valence-electron chi connectivity index (χ4n) is 0.243. The summed E-state index contributed by atoms with van der Waals surface area (Å²) in [5, 5.41) is 8.04. The van der Waals surface area contributed by atoms with Gasteiger partial charge < -0.3 is 9.84 Å². The van der Waals surface area contributed by atoms with Crippen LogP contribution in [0.25, 0.3) is 0 Å². The second-order valence-corrected chi connectivity index (χ2v) is 1.30. The summed E-state index contributed by atoms with van der Waals surface area (Å²) in [4.78, 5) is 13.2. The van der Waals surface area contributed by atoms with Gasteiger partial charge in [-0.1, -0.05) is 0 Å². The van der Waals surface area contributed by atoms with Crippen LogP contribution >= 0.6 is 0 Å². The summed E-state index contributed by atoms with van der Waals surface area (Å²) in [5.74, 6) is -0.953. The van der Waals surface area contributed by atoms with Gasteiger partial charge in [0.1, 0.15) is 6.54 Å². The first-order valence-electron chi connectivity index (χ1n) is 2.59. The minimum absolute atomic E-state index is 0. The van der Waals surface area contributed by atoms with Gasteiger partial charge in [0.15, 0.2) is 6.40 Å². The number of carboxylic acids is 1. The summed E-state index contributed by atoms with van der Waals surface area (Å²) < 4.78 is 4.63. The number of ether oxygens (including phenoxy) is 1. The fourth-order valence-corrected chi connectivity index (χ4v) is 0.243. The number of hydrogen-bond donors (Lipinski definition) is 1. The molecule has 0 bridgehead atoms. The third-order valence-electron chi connectivity index (χ3n) is 0.542. The van der Waals surface area contributed by atoms with Crippen molar-refractivity contribution >= 4 is 41.9 Å². The van der Waals surface area contributed by atoms with E-state index < -0.39 is 5.97 Å². The standard InChI is InChI=1S/C5H9NO3.Na.H/c1-2-9-4-6-3-5(7)8;;/h4H,2-3H2,1H3,(H,7,8);;. The van der Waals surface area contributed by atoms with Gasteiger partial charge >= 0.3 is 35.5 Å². The van der Waals surface area contributed by atoms with E-state index in [0.29, 0.717) is 6.61 Å². The van der Waals surface area contributed by atoms with Crippen molar-refractivity contribution < 1.29 is 14.6 Å². The first-order valence-corrected chi connectivity index (χ1v) is 2.59. The minimum atomic E-state index is -0.953. The molecule has 0 radical (unpaired) electrons. The summed E-state index contributed by atoms with van der Waals surface area (Å²) >= 11 is 0. The Morgan fingerprint density at radius 3 is 2.80 bits per heavy atom. The number of nitrogens with zero attached hydrogens (tertiary/aromatic N) is 1. The van der Waals surface area contributed by atoms with Crippen molar-refractivity contribution in [3.05, 3.63) is 0 Å². The molecule has 10 heavy (non-hydrogen) atoms. The maximum atomic E-state index is 9.79. The molecular weight excluding hydrogens is 145 g/mol. The summed E-state index contributed by atoms with van der Waals surface area (Å²) in [6, 6.07) is 0. The van der Waals surface area contributed by atoms with Gasteiger partial charge in [-0.25, -0.2) is 4.99 Å². The molecule has 0 amide bonds. The number of aliphatic carboxylic acids is 1. The first-order chi connectivity index (χ1) is 4.27. The second-order valence-electron chi connectivity index (χ2n) is 1.30. The molecule has 0 aliphatic heterocycles. The monoisotopic (exact) mass is 155 g/mol. The van der Waals surface area contributed by atoms with Crippen molar-refractivity contribution in [2.75, 3.05) is 13.2 Å². The molecule has 0 aliphatic carbocycles. The summed E-state index contributed by atoms with van der Waals surface area (Å²) in [6.07, 6.45) is 1.15. The Bertz CT molecular complexity index is 115. The molecule has 54 valence electrons. The molecule has 0 aromatic heterocycles. The van der Waals surface area contributed by atoms with Crippen LogP contribution in [0.3, 0.4) is 0 Å². The predicted octanol–water partition coefficient (Wildman–Crippen LogP) is -0.513. The third-order valence-corrected chi connectivity index (χ3v) is 0.542. The molecule has 0 rings (SSSR count). The second kappa shape index (κ2) is 8.94. The van der Waals surface area contributed by atoms with Crippen LogP contribution in [-0.2, 0) is 9.53 Å². The van der Waals surface area contributed by atoms with Gasteiger partial charge in [-0.15, -0.1) is 0 Å². The van der Waals surface area contributed by atoms with E-state index in [0.717, 1.165) is 6.40 Å². The average Bonchev–Trinajstić information content (AvgIpc) is 1.80. The molecular formula is C5H10NNaO3. The normalized spacial score (nSPS) is 8.90. The van der Waals surface area contributed by atoms with E-state index in [4.69, 9.17) is 5.11 Å². The Kier molecular flexibility index (Phi) is 11.3. The molecule has 1 N–H and O–H groups in total. The van der Waals surface area contributed by atoms with Crippen LogP contribution in [0.2, 0.25) is 0 Å². The van der Waals surface area contributed by atoms with Crippen LogP contribution < -0.4 is 0 Å². The van der Waals surface area contributed by atoms with E-state index in [-0.39, 0.29) is 36.1 Å². The Labute approximate surface area is 81.6 Å². The maximum absolute atomic E-state index is 9.79. The van der Waals surface area contributed by atoms with Crippen LogP contribution in [0.1, 0.15) is 6.92 Å². The van der Waals surface area contributed by atoms with Gasteiger partial charge in [-0.05, 0) is 6.92 Å². The Morgan fingerprint density at radius 2 is 2.40 bits per heavy atom. The summed E-state index contributed by atoms with van der Waals surface area (Å²) in [7, 11) is 0. The molecule has 0 atom stereocenters. The Morgan fingerprint density at radius 1 is 1.80 bits per heavy atom. The van der Waals surface area contributed by atoms with Gasteiger partial charge in [0.05, 0.1) is 6.61 Å². The van der Waals surface area contributed by atoms with Crippen LogP contribution in [0.5, 0.6) is 0 Å². The van der Waals surface area contributed by atoms with Gasteiger partial charge in [0.2, 0.25) is 0 Å². The molecule has 0 heterocycles. The molecule has 5 heteroatoms. The van der Waals surface area contributed by atoms with Gasteiger partial charge in [-0.2, -0.15) is 0 Å². The fraction of sp³-hybridized carbons (Fsp3) is 0.600. The molecule has 0 unspecified atom stereocenters. The zero-order valence-electron chi connectivity index (χ0n) is 5.20. The predicted molar refractivity (Wildman–Crippen MR) is 39.8 cm³/mol. The third kappa shape index (κ3) is 10.8. The molecule has 4 nitrogen and oxygen atoms in total. The number of carbonyl (C=O) groups is 1. The van der Waals surface area contributed by atoms with Crippen molar-refractivity contribution in [1.29, 1.82) is 0 Å². The van der Waals surface area contributed by atoms with E-state index >= 15 is 0 Å². The van der Waals surface area contributed by atoms with Crippen LogP contribution in [0, 0.1) is 0 Å². The van der Waals surface area contributed by atoms with Crippen LogP contribution in [-0.4, -0.2) is 60.2 Å². The van der Waals surface area contributed by atoms with E-state index in [1.807, 2.05) is 0 Å². The molecule has 0 spiro atoms. The molecule has 0 aliphatic rings. The number of carboxylic acid groups (broad SMARTS) is 1. The van der Waals surface area contributed by atoms with Crippen molar-refractivity contribution in [3.8, 4) is 0 Å². The summed E-state index contributed by atoms with van der Waals surface area (Å²) in [5.41, 5.74) is 0.